The summed E-state index contributed by atoms with van der Waals surface area (Å²) in [5.41, 5.74) is -0.244. The number of aromatic nitrogens is 4. The van der Waals surface area contributed by atoms with Crippen molar-refractivity contribution in [3.05, 3.63) is 210 Å². The molecule has 2 aromatic heterocycles. The summed E-state index contributed by atoms with van der Waals surface area (Å²) in [6.45, 7) is 7.07. The van der Waals surface area contributed by atoms with Crippen LogP contribution in [0, 0.1) is 0 Å². The van der Waals surface area contributed by atoms with E-state index in [-0.39, 0.29) is 65.9 Å². The van der Waals surface area contributed by atoms with Crippen molar-refractivity contribution >= 4 is 27.1 Å². The van der Waals surface area contributed by atoms with Crippen LogP contribution in [0.15, 0.2) is 165 Å². The standard InChI is InChI=1S/2C28H33N2O10P/c2*1-3-37-41(34,38-4-2)20-36-25-17-23(39-27(32)22-13-9-6-10-14-22)26(40-25)29-16-15-24(31)30(28(29)33)19-35-18-21-11-7-5-8-12-21/h2*5-16,23,25-26H,3-4,17-20H2,1-2H3/t23-,25+,26+;23-,25-,26+/m00/s1. The van der Waals surface area contributed by atoms with Gasteiger partial charge in [-0.25, -0.2) is 28.3 Å². The molecule has 6 atom stereocenters. The summed E-state index contributed by atoms with van der Waals surface area (Å²) >= 11 is 0. The first kappa shape index (κ1) is 62.8. The van der Waals surface area contributed by atoms with Gasteiger partial charge in [0.2, 0.25) is 0 Å². The summed E-state index contributed by atoms with van der Waals surface area (Å²) in [6.07, 6.45) is -4.59. The molecule has 0 spiro atoms. The Morgan fingerprint density at radius 3 is 1.15 bits per heavy atom. The molecule has 2 aliphatic rings. The zero-order valence-electron chi connectivity index (χ0n) is 45.7. The highest BCUT2D eigenvalue weighted by Gasteiger charge is 2.44. The van der Waals surface area contributed by atoms with Gasteiger partial charge in [0.15, 0.2) is 49.9 Å². The summed E-state index contributed by atoms with van der Waals surface area (Å²) < 4.78 is 97.0. The minimum Gasteiger partial charge on any atom is -0.454 e. The molecule has 2 saturated heterocycles. The van der Waals surface area contributed by atoms with Gasteiger partial charge in [-0.15, -0.1) is 0 Å². The van der Waals surface area contributed by atoms with E-state index < -0.39 is 99.6 Å². The molecule has 0 radical (unpaired) electrons. The van der Waals surface area contributed by atoms with Crippen LogP contribution in [0.3, 0.4) is 0 Å². The largest absolute Gasteiger partial charge is 0.454 e. The van der Waals surface area contributed by atoms with Crippen molar-refractivity contribution in [1.29, 1.82) is 0 Å². The van der Waals surface area contributed by atoms with Gasteiger partial charge in [0, 0.05) is 37.4 Å². The highest BCUT2D eigenvalue weighted by molar-refractivity contribution is 7.53. The predicted molar refractivity (Wildman–Crippen MR) is 294 cm³/mol. The number of rotatable bonds is 28. The van der Waals surface area contributed by atoms with Crippen molar-refractivity contribution < 1.29 is 74.7 Å². The van der Waals surface area contributed by atoms with Crippen LogP contribution in [-0.2, 0) is 91.8 Å². The molecule has 440 valence electrons. The summed E-state index contributed by atoms with van der Waals surface area (Å²) in [7, 11) is -7.12. The van der Waals surface area contributed by atoms with E-state index in [9.17, 15) is 37.9 Å². The van der Waals surface area contributed by atoms with Gasteiger partial charge in [-0.3, -0.25) is 27.9 Å². The van der Waals surface area contributed by atoms with Crippen LogP contribution in [0.4, 0.5) is 0 Å². The van der Waals surface area contributed by atoms with E-state index in [1.54, 1.807) is 88.4 Å². The van der Waals surface area contributed by atoms with Crippen molar-refractivity contribution in [3.8, 4) is 0 Å². The highest BCUT2D eigenvalue weighted by atomic mass is 31.2. The summed E-state index contributed by atoms with van der Waals surface area (Å²) in [6, 6.07) is 37.7. The molecule has 0 amide bonds. The van der Waals surface area contributed by atoms with Crippen molar-refractivity contribution in [2.24, 2.45) is 0 Å². The van der Waals surface area contributed by atoms with Crippen LogP contribution < -0.4 is 22.5 Å². The van der Waals surface area contributed by atoms with Crippen LogP contribution in [0.25, 0.3) is 0 Å². The number of ether oxygens (including phenoxy) is 8. The second kappa shape index (κ2) is 31.1. The molecule has 2 fully saturated rings. The summed E-state index contributed by atoms with van der Waals surface area (Å²) in [5.74, 6) is -1.27. The van der Waals surface area contributed by atoms with E-state index in [1.807, 2.05) is 60.7 Å². The molecule has 26 heteroatoms. The molecule has 0 saturated carbocycles. The number of carbonyl (C=O) groups is 2. The van der Waals surface area contributed by atoms with Gasteiger partial charge in [-0.05, 0) is 63.1 Å². The van der Waals surface area contributed by atoms with Crippen molar-refractivity contribution in [2.45, 2.75) is 104 Å². The molecule has 0 bridgehead atoms. The van der Waals surface area contributed by atoms with Gasteiger partial charge < -0.3 is 56.0 Å². The fraction of sp³-hybridized carbons (Fsp3) is 0.393. The lowest BCUT2D eigenvalue weighted by Crippen LogP contribution is -2.43. The highest BCUT2D eigenvalue weighted by Crippen LogP contribution is 2.50. The Bertz CT molecular complexity index is 3090. The molecule has 2 aliphatic heterocycles. The topological polar surface area (TPSA) is 267 Å². The van der Waals surface area contributed by atoms with Gasteiger partial charge in [0.25, 0.3) is 11.1 Å². The number of esters is 2. The third kappa shape index (κ3) is 17.6. The summed E-state index contributed by atoms with van der Waals surface area (Å²) in [5, 5.41) is 0. The fourth-order valence-corrected chi connectivity index (χ4v) is 11.1. The zero-order valence-corrected chi connectivity index (χ0v) is 47.4. The smallest absolute Gasteiger partial charge is 0.356 e. The van der Waals surface area contributed by atoms with E-state index in [0.29, 0.717) is 11.1 Å². The minimum absolute atomic E-state index is 0.0115. The third-order valence-electron chi connectivity index (χ3n) is 12.1. The van der Waals surface area contributed by atoms with Crippen LogP contribution in [0.2, 0.25) is 0 Å². The van der Waals surface area contributed by atoms with Crippen LogP contribution in [0.5, 0.6) is 0 Å². The zero-order chi connectivity index (χ0) is 58.5. The molecular formula is C56H66N4O20P2. The molecule has 4 heterocycles. The van der Waals surface area contributed by atoms with Crippen LogP contribution >= 0.6 is 15.2 Å². The minimum atomic E-state index is -3.56. The predicted octanol–water partition coefficient (Wildman–Crippen LogP) is 7.79. The van der Waals surface area contributed by atoms with Gasteiger partial charge in [0.05, 0.1) is 50.8 Å². The van der Waals surface area contributed by atoms with Gasteiger partial charge >= 0.3 is 38.5 Å². The Morgan fingerprint density at radius 2 is 0.817 bits per heavy atom. The molecule has 0 N–H and O–H groups in total. The quantitative estimate of drug-likeness (QED) is 0.0335. The monoisotopic (exact) mass is 1180 g/mol. The fourth-order valence-electron chi connectivity index (χ4n) is 8.39. The van der Waals surface area contributed by atoms with Crippen molar-refractivity contribution in [2.75, 3.05) is 39.1 Å². The maximum Gasteiger partial charge on any atom is 0.356 e. The molecular weight excluding hydrogens is 1110 g/mol. The first-order chi connectivity index (χ1) is 39.7. The van der Waals surface area contributed by atoms with E-state index in [4.69, 9.17) is 56.0 Å². The Labute approximate surface area is 471 Å². The second-order valence-corrected chi connectivity index (χ2v) is 22.0. The molecule has 0 aliphatic carbocycles. The SMILES string of the molecule is CCOP(=O)(CO[C@@H]1C[C@H](OC(=O)c2ccccc2)[C@H](n2ccc(=O)n(COCc3ccccc3)c2=O)O1)OCC.CCOP(=O)(CO[C@H]1C[C@H](OC(=O)c2ccccc2)[C@H](n2ccc(=O)n(COCc3ccccc3)c2=O)O1)OCC. The third-order valence-corrected chi connectivity index (χ3v) is 15.7. The molecule has 24 nitrogen and oxygen atoms in total. The molecule has 4 aromatic carbocycles. The van der Waals surface area contributed by atoms with Gasteiger partial charge in [0.1, 0.15) is 13.5 Å². The van der Waals surface area contributed by atoms with Crippen molar-refractivity contribution in [1.82, 2.24) is 18.3 Å². The lowest BCUT2D eigenvalue weighted by atomic mass is 10.2. The number of hydrogen-bond acceptors (Lipinski definition) is 20. The Balaban J connectivity index is 0.000000236. The molecule has 6 aromatic rings. The lowest BCUT2D eigenvalue weighted by molar-refractivity contribution is -0.149. The first-order valence-corrected chi connectivity index (χ1v) is 29.8. The average molecular weight is 1180 g/mol. The molecule has 0 unspecified atom stereocenters. The van der Waals surface area contributed by atoms with Crippen LogP contribution in [0.1, 0.15) is 84.8 Å². The lowest BCUT2D eigenvalue weighted by Gasteiger charge is -2.22. The van der Waals surface area contributed by atoms with Gasteiger partial charge in [-0.1, -0.05) is 97.1 Å². The average Bonchev–Trinajstić information content (AvgIpc) is 4.25. The first-order valence-electron chi connectivity index (χ1n) is 26.4. The van der Waals surface area contributed by atoms with E-state index in [1.165, 1.54) is 24.5 Å². The Kier molecular flexibility index (Phi) is 23.8. The normalized spacial score (nSPS) is 18.8. The number of nitrogens with zero attached hydrogens (tertiary/aromatic N) is 4. The van der Waals surface area contributed by atoms with E-state index in [0.717, 1.165) is 29.4 Å². The van der Waals surface area contributed by atoms with Crippen LogP contribution in [-0.4, -0.2) is 94.1 Å². The Hall–Kier alpha value is -6.76. The maximum atomic E-state index is 13.4. The van der Waals surface area contributed by atoms with E-state index in [2.05, 4.69) is 0 Å². The molecule has 8 rings (SSSR count). The Morgan fingerprint density at radius 1 is 0.488 bits per heavy atom. The number of hydrogen-bond donors (Lipinski definition) is 0. The van der Waals surface area contributed by atoms with E-state index >= 15 is 0 Å². The maximum absolute atomic E-state index is 13.4. The van der Waals surface area contributed by atoms with Crippen molar-refractivity contribution in [3.63, 3.8) is 0 Å². The number of benzene rings is 4. The van der Waals surface area contributed by atoms with Gasteiger partial charge in [-0.2, -0.15) is 0 Å². The second-order valence-electron chi connectivity index (χ2n) is 18.0. The summed E-state index contributed by atoms with van der Waals surface area (Å²) in [4.78, 5) is 77.7. The number of carbonyl (C=O) groups excluding carboxylic acids is 2. The molecule has 82 heavy (non-hydrogen) atoms.